The highest BCUT2D eigenvalue weighted by molar-refractivity contribution is 5.90. The van der Waals surface area contributed by atoms with E-state index in [9.17, 15) is 14.9 Å². The molecule has 0 fully saturated rings. The number of nitro benzene ring substituents is 1. The van der Waals surface area contributed by atoms with Gasteiger partial charge in [0.25, 0.3) is 5.69 Å². The third-order valence-electron chi connectivity index (χ3n) is 4.50. The first-order chi connectivity index (χ1) is 15.4. The number of carbonyl (C=O) groups is 1. The van der Waals surface area contributed by atoms with Crippen molar-refractivity contribution < 1.29 is 19.2 Å². The number of non-ortho nitro benzene ring substituents is 1. The highest BCUT2D eigenvalue weighted by atomic mass is 16.6. The first-order valence-corrected chi connectivity index (χ1v) is 9.73. The minimum absolute atomic E-state index is 0.0258. The number of nitrogens with one attached hydrogen (secondary N) is 1. The smallest absolute Gasteiger partial charge is 0.269 e. The van der Waals surface area contributed by atoms with Crippen LogP contribution in [-0.4, -0.2) is 34.3 Å². The standard InChI is InChI=1S/C22H21N5O5/c1-15-12-21(26(25-15)17-6-8-18(9-7-17)27(29)30)24-22(28)4-3-11-32-19-10-5-16(14-23)13-20(19)31-2/h5-10,12-13H,3-4,11H2,1-2H3,(H,24,28). The lowest BCUT2D eigenvalue weighted by atomic mass is 10.2. The van der Waals surface area contributed by atoms with Crippen LogP contribution in [0.15, 0.2) is 48.5 Å². The van der Waals surface area contributed by atoms with Crippen molar-refractivity contribution >= 4 is 17.4 Å². The van der Waals surface area contributed by atoms with E-state index in [4.69, 9.17) is 14.7 Å². The molecule has 0 spiro atoms. The van der Waals surface area contributed by atoms with E-state index in [0.717, 1.165) is 0 Å². The predicted octanol–water partition coefficient (Wildman–Crippen LogP) is 3.77. The number of aryl methyl sites for hydroxylation is 1. The Bertz CT molecular complexity index is 1160. The topological polar surface area (TPSA) is 132 Å². The van der Waals surface area contributed by atoms with Crippen LogP contribution in [0.25, 0.3) is 5.69 Å². The number of ether oxygens (including phenoxy) is 2. The average molecular weight is 435 g/mol. The minimum atomic E-state index is -0.476. The molecule has 0 bridgehead atoms. The lowest BCUT2D eigenvalue weighted by Crippen LogP contribution is -2.15. The molecular weight excluding hydrogens is 414 g/mol. The molecule has 0 saturated carbocycles. The Morgan fingerprint density at radius 1 is 1.22 bits per heavy atom. The van der Waals surface area contributed by atoms with Crippen molar-refractivity contribution in [1.82, 2.24) is 9.78 Å². The molecule has 164 valence electrons. The van der Waals surface area contributed by atoms with E-state index < -0.39 is 4.92 Å². The summed E-state index contributed by atoms with van der Waals surface area (Å²) >= 11 is 0. The molecule has 3 aromatic rings. The minimum Gasteiger partial charge on any atom is -0.493 e. The van der Waals surface area contributed by atoms with Crippen LogP contribution >= 0.6 is 0 Å². The van der Waals surface area contributed by atoms with Gasteiger partial charge < -0.3 is 14.8 Å². The van der Waals surface area contributed by atoms with E-state index >= 15 is 0 Å². The molecule has 0 aliphatic rings. The quantitative estimate of drug-likeness (QED) is 0.307. The number of benzene rings is 2. The molecule has 0 unspecified atom stereocenters. The van der Waals surface area contributed by atoms with Gasteiger partial charge in [0.05, 0.1) is 41.7 Å². The monoisotopic (exact) mass is 435 g/mol. The van der Waals surface area contributed by atoms with Gasteiger partial charge in [0.2, 0.25) is 5.91 Å². The van der Waals surface area contributed by atoms with E-state index in [-0.39, 0.29) is 24.6 Å². The van der Waals surface area contributed by atoms with Crippen LogP contribution in [0.1, 0.15) is 24.1 Å². The molecule has 1 heterocycles. The fraction of sp³-hybridized carbons (Fsp3) is 0.227. The van der Waals surface area contributed by atoms with Crippen molar-refractivity contribution in [2.45, 2.75) is 19.8 Å². The van der Waals surface area contributed by atoms with Gasteiger partial charge in [0.15, 0.2) is 11.5 Å². The second-order valence-corrected chi connectivity index (χ2v) is 6.83. The van der Waals surface area contributed by atoms with Gasteiger partial charge in [0.1, 0.15) is 5.82 Å². The van der Waals surface area contributed by atoms with Crippen molar-refractivity contribution in [3.8, 4) is 23.3 Å². The Kier molecular flexibility index (Phi) is 7.02. The first kappa shape index (κ1) is 22.3. The van der Waals surface area contributed by atoms with E-state index in [0.29, 0.717) is 40.7 Å². The SMILES string of the molecule is COc1cc(C#N)ccc1OCCCC(=O)Nc1cc(C)nn1-c1ccc([N+](=O)[O-])cc1. The van der Waals surface area contributed by atoms with Crippen molar-refractivity contribution in [1.29, 1.82) is 5.26 Å². The summed E-state index contributed by atoms with van der Waals surface area (Å²) in [4.78, 5) is 22.8. The molecule has 3 rings (SSSR count). The molecule has 1 amide bonds. The number of aromatic nitrogens is 2. The average Bonchev–Trinajstić information content (AvgIpc) is 3.16. The van der Waals surface area contributed by atoms with Gasteiger partial charge in [0, 0.05) is 30.7 Å². The molecule has 1 aromatic heterocycles. The second kappa shape index (κ2) is 10.1. The second-order valence-electron chi connectivity index (χ2n) is 6.83. The zero-order chi connectivity index (χ0) is 23.1. The predicted molar refractivity (Wildman–Crippen MR) is 116 cm³/mol. The van der Waals surface area contributed by atoms with Crippen LogP contribution < -0.4 is 14.8 Å². The zero-order valence-electron chi connectivity index (χ0n) is 17.6. The maximum atomic E-state index is 12.4. The first-order valence-electron chi connectivity index (χ1n) is 9.73. The van der Waals surface area contributed by atoms with Crippen LogP contribution in [0.2, 0.25) is 0 Å². The zero-order valence-corrected chi connectivity index (χ0v) is 17.6. The number of amides is 1. The normalized spacial score (nSPS) is 10.3. The van der Waals surface area contributed by atoms with Gasteiger partial charge in [-0.15, -0.1) is 0 Å². The highest BCUT2D eigenvalue weighted by Crippen LogP contribution is 2.28. The number of nitriles is 1. The van der Waals surface area contributed by atoms with E-state index in [1.165, 1.54) is 23.9 Å². The number of hydrogen-bond acceptors (Lipinski definition) is 7. The highest BCUT2D eigenvalue weighted by Gasteiger charge is 2.13. The summed E-state index contributed by atoms with van der Waals surface area (Å²) < 4.78 is 12.4. The molecule has 0 aliphatic heterocycles. The number of hydrogen-bond donors (Lipinski definition) is 1. The fourth-order valence-corrected chi connectivity index (χ4v) is 2.98. The summed E-state index contributed by atoms with van der Waals surface area (Å²) in [6.45, 7) is 2.08. The van der Waals surface area contributed by atoms with Crippen molar-refractivity contribution in [2.75, 3.05) is 19.0 Å². The molecule has 10 nitrogen and oxygen atoms in total. The number of nitro groups is 1. The summed E-state index contributed by atoms with van der Waals surface area (Å²) in [7, 11) is 1.49. The Labute approximate surface area is 184 Å². The summed E-state index contributed by atoms with van der Waals surface area (Å²) in [5.41, 5.74) is 1.72. The summed E-state index contributed by atoms with van der Waals surface area (Å²) in [5, 5.41) is 27.0. The van der Waals surface area contributed by atoms with Crippen LogP contribution in [-0.2, 0) is 4.79 Å². The summed E-state index contributed by atoms with van der Waals surface area (Å²) in [6, 6.07) is 14.5. The number of anilines is 1. The fourth-order valence-electron chi connectivity index (χ4n) is 2.98. The van der Waals surface area contributed by atoms with E-state index in [2.05, 4.69) is 10.4 Å². The lowest BCUT2D eigenvalue weighted by molar-refractivity contribution is -0.384. The van der Waals surface area contributed by atoms with Gasteiger partial charge in [-0.25, -0.2) is 4.68 Å². The number of methoxy groups -OCH3 is 1. The maximum absolute atomic E-state index is 12.4. The number of carbonyl (C=O) groups excluding carboxylic acids is 1. The number of nitrogens with zero attached hydrogens (tertiary/aromatic N) is 4. The Hall–Kier alpha value is -4.39. The molecular formula is C22H21N5O5. The van der Waals surface area contributed by atoms with Crippen molar-refractivity contribution in [2.24, 2.45) is 0 Å². The third kappa shape index (κ3) is 5.40. The van der Waals surface area contributed by atoms with Crippen LogP contribution in [0.3, 0.4) is 0 Å². The van der Waals surface area contributed by atoms with Gasteiger partial charge in [-0.1, -0.05) is 0 Å². The molecule has 0 saturated heterocycles. The molecule has 0 atom stereocenters. The third-order valence-corrected chi connectivity index (χ3v) is 4.50. The molecule has 0 radical (unpaired) electrons. The van der Waals surface area contributed by atoms with Crippen LogP contribution in [0.5, 0.6) is 11.5 Å². The number of rotatable bonds is 9. The summed E-state index contributed by atoms with van der Waals surface area (Å²) in [5.74, 6) is 1.20. The lowest BCUT2D eigenvalue weighted by Gasteiger charge is -2.11. The van der Waals surface area contributed by atoms with Gasteiger partial charge in [-0.3, -0.25) is 14.9 Å². The molecule has 2 aromatic carbocycles. The van der Waals surface area contributed by atoms with E-state index in [1.54, 1.807) is 43.3 Å². The molecule has 10 heteroatoms. The Morgan fingerprint density at radius 3 is 2.62 bits per heavy atom. The Balaban J connectivity index is 1.57. The molecule has 1 N–H and O–H groups in total. The summed E-state index contributed by atoms with van der Waals surface area (Å²) in [6.07, 6.45) is 0.669. The maximum Gasteiger partial charge on any atom is 0.269 e. The molecule has 0 aliphatic carbocycles. The van der Waals surface area contributed by atoms with Crippen LogP contribution in [0, 0.1) is 28.4 Å². The van der Waals surface area contributed by atoms with Gasteiger partial charge in [-0.05, 0) is 37.6 Å². The van der Waals surface area contributed by atoms with Gasteiger partial charge in [-0.2, -0.15) is 10.4 Å². The van der Waals surface area contributed by atoms with Crippen LogP contribution in [0.4, 0.5) is 11.5 Å². The Morgan fingerprint density at radius 2 is 1.97 bits per heavy atom. The van der Waals surface area contributed by atoms with Crippen molar-refractivity contribution in [3.05, 3.63) is 69.9 Å². The van der Waals surface area contributed by atoms with Gasteiger partial charge >= 0.3 is 0 Å². The van der Waals surface area contributed by atoms with E-state index in [1.807, 2.05) is 6.07 Å². The largest absolute Gasteiger partial charge is 0.493 e. The molecule has 32 heavy (non-hydrogen) atoms. The van der Waals surface area contributed by atoms with Crippen molar-refractivity contribution in [3.63, 3.8) is 0 Å².